The summed E-state index contributed by atoms with van der Waals surface area (Å²) in [4.78, 5) is 12.8. The molecule has 0 heterocycles. The normalized spacial score (nSPS) is 13.5. The van der Waals surface area contributed by atoms with Crippen LogP contribution >= 0.6 is 0 Å². The van der Waals surface area contributed by atoms with E-state index < -0.39 is 0 Å². The van der Waals surface area contributed by atoms with Crippen LogP contribution in [0.4, 0.5) is 0 Å². The lowest BCUT2D eigenvalue weighted by molar-refractivity contribution is -0.126. The van der Waals surface area contributed by atoms with E-state index >= 15 is 0 Å². The Labute approximate surface area is 141 Å². The maximum atomic E-state index is 12.8. The molecule has 0 radical (unpaired) electrons. The van der Waals surface area contributed by atoms with E-state index in [1.165, 1.54) is 11.1 Å². The summed E-state index contributed by atoms with van der Waals surface area (Å²) >= 11 is 0. The van der Waals surface area contributed by atoms with Gasteiger partial charge in [-0.2, -0.15) is 0 Å². The number of carbonyl (C=O) groups excluding carboxylic acids is 1. The molecule has 0 saturated carbocycles. The van der Waals surface area contributed by atoms with Crippen molar-refractivity contribution in [3.05, 3.63) is 66.3 Å². The van der Waals surface area contributed by atoms with Gasteiger partial charge in [-0.1, -0.05) is 67.1 Å². The molecule has 23 heavy (non-hydrogen) atoms. The first kappa shape index (κ1) is 19.2. The molecule has 2 unspecified atom stereocenters. The Hall–Kier alpha value is -1.89. The Kier molecular flexibility index (Phi) is 8.97. The first-order valence-corrected chi connectivity index (χ1v) is 8.58. The van der Waals surface area contributed by atoms with Crippen molar-refractivity contribution in [2.45, 2.75) is 46.5 Å². The van der Waals surface area contributed by atoms with Gasteiger partial charge in [0.1, 0.15) is 5.78 Å². The summed E-state index contributed by atoms with van der Waals surface area (Å²) in [6.07, 6.45) is 11.6. The van der Waals surface area contributed by atoms with Crippen LogP contribution in [0.25, 0.3) is 6.08 Å². The van der Waals surface area contributed by atoms with Gasteiger partial charge in [0.2, 0.25) is 0 Å². The summed E-state index contributed by atoms with van der Waals surface area (Å²) in [5.41, 5.74) is 2.45. The molecule has 0 saturated heterocycles. The fourth-order valence-electron chi connectivity index (χ4n) is 2.66. The first-order chi connectivity index (χ1) is 11.1. The topological polar surface area (TPSA) is 17.1 Å². The molecule has 124 valence electrons. The van der Waals surface area contributed by atoms with E-state index in [0.717, 1.165) is 25.7 Å². The number of ketones is 1. The van der Waals surface area contributed by atoms with Crippen molar-refractivity contribution in [3.8, 4) is 0 Å². The summed E-state index contributed by atoms with van der Waals surface area (Å²) in [6, 6.07) is 10.2. The van der Waals surface area contributed by atoms with Crippen molar-refractivity contribution >= 4 is 11.9 Å². The van der Waals surface area contributed by atoms with E-state index in [9.17, 15) is 4.79 Å². The summed E-state index contributed by atoms with van der Waals surface area (Å²) in [5, 5.41) is 0. The van der Waals surface area contributed by atoms with Gasteiger partial charge in [-0.15, -0.1) is 6.58 Å². The molecule has 0 amide bonds. The van der Waals surface area contributed by atoms with Crippen LogP contribution in [0, 0.1) is 11.8 Å². The van der Waals surface area contributed by atoms with Crippen LogP contribution < -0.4 is 0 Å². The van der Waals surface area contributed by atoms with Crippen molar-refractivity contribution in [3.63, 3.8) is 0 Å². The van der Waals surface area contributed by atoms with Crippen LogP contribution in [-0.4, -0.2) is 5.78 Å². The van der Waals surface area contributed by atoms with Gasteiger partial charge in [-0.3, -0.25) is 4.79 Å². The summed E-state index contributed by atoms with van der Waals surface area (Å²) in [5.74, 6) is 0.547. The highest BCUT2D eigenvalue weighted by Crippen LogP contribution is 2.22. The molecule has 0 aliphatic heterocycles. The van der Waals surface area contributed by atoms with Crippen molar-refractivity contribution in [1.82, 2.24) is 0 Å². The minimum absolute atomic E-state index is 0.0444. The van der Waals surface area contributed by atoms with Crippen LogP contribution in [-0.2, 0) is 4.79 Å². The fraction of sp³-hybridized carbons (Fsp3) is 0.409. The predicted molar refractivity (Wildman–Crippen MR) is 101 cm³/mol. The van der Waals surface area contributed by atoms with Crippen LogP contribution in [0.15, 0.2) is 60.7 Å². The van der Waals surface area contributed by atoms with Gasteiger partial charge in [0.15, 0.2) is 0 Å². The number of hydrogen-bond acceptors (Lipinski definition) is 1. The second kappa shape index (κ2) is 10.8. The van der Waals surface area contributed by atoms with E-state index in [2.05, 4.69) is 57.7 Å². The molecule has 1 nitrogen and oxygen atoms in total. The molecule has 1 rings (SSSR count). The molecular formula is C22H30O. The predicted octanol–water partition coefficient (Wildman–Crippen LogP) is 6.23. The minimum Gasteiger partial charge on any atom is -0.299 e. The van der Waals surface area contributed by atoms with Gasteiger partial charge in [0.05, 0.1) is 0 Å². The van der Waals surface area contributed by atoms with E-state index in [-0.39, 0.29) is 11.8 Å². The Morgan fingerprint density at radius 1 is 1.09 bits per heavy atom. The van der Waals surface area contributed by atoms with Crippen LogP contribution in [0.3, 0.4) is 0 Å². The first-order valence-electron chi connectivity index (χ1n) is 8.58. The Morgan fingerprint density at radius 2 is 1.78 bits per heavy atom. The lowest BCUT2D eigenvalue weighted by Gasteiger charge is -2.19. The lowest BCUT2D eigenvalue weighted by atomic mass is 9.84. The number of Topliss-reactive ketones (excluding diaryl/α,β-unsaturated/α-hetero) is 1. The third-order valence-corrected chi connectivity index (χ3v) is 4.09. The molecule has 2 atom stereocenters. The molecule has 0 aromatic heterocycles. The van der Waals surface area contributed by atoms with Gasteiger partial charge >= 0.3 is 0 Å². The lowest BCUT2D eigenvalue weighted by Crippen LogP contribution is -2.22. The van der Waals surface area contributed by atoms with E-state index in [1.54, 1.807) is 0 Å². The summed E-state index contributed by atoms with van der Waals surface area (Å²) < 4.78 is 0. The second-order valence-corrected chi connectivity index (χ2v) is 6.29. The van der Waals surface area contributed by atoms with E-state index in [1.807, 2.05) is 24.3 Å². The smallest absolute Gasteiger partial charge is 0.139 e. The van der Waals surface area contributed by atoms with Crippen molar-refractivity contribution in [2.75, 3.05) is 0 Å². The molecule has 1 aromatic rings. The van der Waals surface area contributed by atoms with Gasteiger partial charge < -0.3 is 0 Å². The molecule has 0 aliphatic carbocycles. The molecule has 0 fully saturated rings. The van der Waals surface area contributed by atoms with Gasteiger partial charge in [0, 0.05) is 11.8 Å². The second-order valence-electron chi connectivity index (χ2n) is 6.29. The minimum atomic E-state index is 0.0444. The number of hydrogen-bond donors (Lipinski definition) is 0. The number of rotatable bonds is 10. The molecule has 0 spiro atoms. The number of carbonyl (C=O) groups is 1. The molecule has 1 heteroatoms. The van der Waals surface area contributed by atoms with Gasteiger partial charge in [-0.25, -0.2) is 0 Å². The van der Waals surface area contributed by atoms with Gasteiger partial charge in [-0.05, 0) is 45.1 Å². The SMILES string of the molecule is C=CCC(C/C=C/c1ccccc1)C(=O)C(CC)CC=C(C)C. The average molecular weight is 310 g/mol. The molecule has 1 aromatic carbocycles. The van der Waals surface area contributed by atoms with Crippen LogP contribution in [0.5, 0.6) is 0 Å². The largest absolute Gasteiger partial charge is 0.299 e. The molecule has 0 N–H and O–H groups in total. The third-order valence-electron chi connectivity index (χ3n) is 4.09. The molecule has 0 aliphatic rings. The molecule has 0 bridgehead atoms. The Bertz CT molecular complexity index is 532. The monoisotopic (exact) mass is 310 g/mol. The fourth-order valence-corrected chi connectivity index (χ4v) is 2.66. The Balaban J connectivity index is 2.71. The highest BCUT2D eigenvalue weighted by Gasteiger charge is 2.23. The van der Waals surface area contributed by atoms with Crippen LogP contribution in [0.2, 0.25) is 0 Å². The zero-order valence-corrected chi connectivity index (χ0v) is 14.8. The zero-order chi connectivity index (χ0) is 17.1. The summed E-state index contributed by atoms with van der Waals surface area (Å²) in [7, 11) is 0. The van der Waals surface area contributed by atoms with Crippen molar-refractivity contribution in [2.24, 2.45) is 11.8 Å². The standard InChI is InChI=1S/C22H30O/c1-5-11-21(15-10-14-19-12-8-7-9-13-19)22(23)20(6-2)17-16-18(3)4/h5,7-10,12-14,16,20-21H,1,6,11,15,17H2,2-4H3/b14-10+. The highest BCUT2D eigenvalue weighted by molar-refractivity contribution is 5.84. The quantitative estimate of drug-likeness (QED) is 0.468. The zero-order valence-electron chi connectivity index (χ0n) is 14.8. The van der Waals surface area contributed by atoms with Gasteiger partial charge in [0.25, 0.3) is 0 Å². The average Bonchev–Trinajstić information content (AvgIpc) is 2.55. The summed E-state index contributed by atoms with van der Waals surface area (Å²) in [6.45, 7) is 10.1. The maximum Gasteiger partial charge on any atom is 0.139 e. The third kappa shape index (κ3) is 7.27. The van der Waals surface area contributed by atoms with Crippen molar-refractivity contribution in [1.29, 1.82) is 0 Å². The van der Waals surface area contributed by atoms with Crippen molar-refractivity contribution < 1.29 is 4.79 Å². The Morgan fingerprint density at radius 3 is 2.35 bits per heavy atom. The maximum absolute atomic E-state index is 12.8. The number of allylic oxidation sites excluding steroid dienone is 4. The number of benzene rings is 1. The highest BCUT2D eigenvalue weighted by atomic mass is 16.1. The van der Waals surface area contributed by atoms with E-state index in [0.29, 0.717) is 5.78 Å². The van der Waals surface area contributed by atoms with Crippen LogP contribution in [0.1, 0.15) is 52.0 Å². The molecular weight excluding hydrogens is 280 g/mol. The van der Waals surface area contributed by atoms with E-state index in [4.69, 9.17) is 0 Å².